The SMILES string of the molecule is Brc1ccsc1CNC1=NCC(C2CC2)S1. The van der Waals surface area contributed by atoms with E-state index in [-0.39, 0.29) is 0 Å². The summed E-state index contributed by atoms with van der Waals surface area (Å²) in [5.41, 5.74) is 0. The third-order valence-corrected chi connectivity index (χ3v) is 6.18. The monoisotopic (exact) mass is 316 g/mol. The van der Waals surface area contributed by atoms with E-state index in [4.69, 9.17) is 0 Å². The normalized spacial score (nSPS) is 24.6. The Morgan fingerprint density at radius 2 is 2.38 bits per heavy atom. The molecule has 0 amide bonds. The molecule has 0 saturated heterocycles. The molecule has 1 fully saturated rings. The van der Waals surface area contributed by atoms with Gasteiger partial charge in [-0.05, 0) is 46.1 Å². The quantitative estimate of drug-likeness (QED) is 0.923. The fraction of sp³-hybridized carbons (Fsp3) is 0.545. The first-order valence-corrected chi connectivity index (χ1v) is 8.05. The Bertz CT molecular complexity index is 412. The number of aliphatic imine (C=N–C) groups is 1. The summed E-state index contributed by atoms with van der Waals surface area (Å²) in [5, 5.41) is 7.43. The number of nitrogens with one attached hydrogen (secondary N) is 1. The van der Waals surface area contributed by atoms with Crippen LogP contribution in [-0.2, 0) is 6.54 Å². The van der Waals surface area contributed by atoms with E-state index in [1.54, 1.807) is 11.3 Å². The van der Waals surface area contributed by atoms with E-state index in [1.807, 2.05) is 11.8 Å². The third-order valence-electron chi connectivity index (χ3n) is 2.92. The van der Waals surface area contributed by atoms with Crippen LogP contribution in [0.5, 0.6) is 0 Å². The Labute approximate surface area is 112 Å². The van der Waals surface area contributed by atoms with Gasteiger partial charge in [0.05, 0.1) is 13.1 Å². The van der Waals surface area contributed by atoms with Crippen molar-refractivity contribution < 1.29 is 0 Å². The van der Waals surface area contributed by atoms with Crippen LogP contribution >= 0.6 is 39.0 Å². The molecule has 1 aliphatic heterocycles. The summed E-state index contributed by atoms with van der Waals surface area (Å²) in [4.78, 5) is 5.91. The maximum atomic E-state index is 4.57. The highest BCUT2D eigenvalue weighted by atomic mass is 79.9. The Balaban J connectivity index is 1.51. The average molecular weight is 317 g/mol. The van der Waals surface area contributed by atoms with E-state index < -0.39 is 0 Å². The predicted molar refractivity (Wildman–Crippen MR) is 75.3 cm³/mol. The van der Waals surface area contributed by atoms with Crippen LogP contribution in [-0.4, -0.2) is 17.0 Å². The first-order chi connectivity index (χ1) is 7.83. The molecule has 86 valence electrons. The van der Waals surface area contributed by atoms with Crippen molar-refractivity contribution in [3.05, 3.63) is 20.8 Å². The highest BCUT2D eigenvalue weighted by Crippen LogP contribution is 2.41. The fourth-order valence-electron chi connectivity index (χ4n) is 1.81. The molecular formula is C11H13BrN2S2. The molecular weight excluding hydrogens is 304 g/mol. The molecule has 1 saturated carbocycles. The molecule has 0 bridgehead atoms. The van der Waals surface area contributed by atoms with E-state index >= 15 is 0 Å². The van der Waals surface area contributed by atoms with Gasteiger partial charge in [-0.3, -0.25) is 4.99 Å². The summed E-state index contributed by atoms with van der Waals surface area (Å²) in [5.74, 6) is 0.946. The number of thioether (sulfide) groups is 1. The molecule has 1 atom stereocenters. The maximum Gasteiger partial charge on any atom is 0.157 e. The van der Waals surface area contributed by atoms with Gasteiger partial charge < -0.3 is 5.32 Å². The van der Waals surface area contributed by atoms with Gasteiger partial charge in [0.1, 0.15) is 0 Å². The maximum absolute atomic E-state index is 4.57. The van der Waals surface area contributed by atoms with Gasteiger partial charge >= 0.3 is 0 Å². The number of hydrogen-bond donors (Lipinski definition) is 1. The predicted octanol–water partition coefficient (Wildman–Crippen LogP) is 3.48. The molecule has 16 heavy (non-hydrogen) atoms. The molecule has 1 aromatic heterocycles. The molecule has 1 aliphatic carbocycles. The van der Waals surface area contributed by atoms with Crippen molar-refractivity contribution in [2.24, 2.45) is 10.9 Å². The van der Waals surface area contributed by atoms with Gasteiger partial charge in [-0.25, -0.2) is 0 Å². The minimum atomic E-state index is 0.759. The van der Waals surface area contributed by atoms with Gasteiger partial charge in [0.2, 0.25) is 0 Å². The zero-order valence-electron chi connectivity index (χ0n) is 8.78. The Morgan fingerprint density at radius 3 is 3.06 bits per heavy atom. The van der Waals surface area contributed by atoms with Gasteiger partial charge in [-0.1, -0.05) is 11.8 Å². The van der Waals surface area contributed by atoms with E-state index in [2.05, 4.69) is 37.7 Å². The van der Waals surface area contributed by atoms with Crippen molar-refractivity contribution in [1.29, 1.82) is 0 Å². The second-order valence-corrected chi connectivity index (χ2v) is 7.27. The summed E-state index contributed by atoms with van der Waals surface area (Å²) in [7, 11) is 0. The van der Waals surface area contributed by atoms with Crippen molar-refractivity contribution in [2.45, 2.75) is 24.6 Å². The smallest absolute Gasteiger partial charge is 0.157 e. The second kappa shape index (κ2) is 4.70. The van der Waals surface area contributed by atoms with Crippen molar-refractivity contribution >= 4 is 44.2 Å². The Morgan fingerprint density at radius 1 is 1.50 bits per heavy atom. The second-order valence-electron chi connectivity index (χ2n) is 4.18. The van der Waals surface area contributed by atoms with Crippen LogP contribution in [0.25, 0.3) is 0 Å². The molecule has 2 nitrogen and oxygen atoms in total. The minimum Gasteiger partial charge on any atom is -0.360 e. The van der Waals surface area contributed by atoms with Crippen LogP contribution in [0.1, 0.15) is 17.7 Å². The molecule has 0 spiro atoms. The van der Waals surface area contributed by atoms with Crippen molar-refractivity contribution in [2.75, 3.05) is 6.54 Å². The lowest BCUT2D eigenvalue weighted by Gasteiger charge is -2.07. The number of thiophene rings is 1. The van der Waals surface area contributed by atoms with Crippen molar-refractivity contribution in [3.63, 3.8) is 0 Å². The summed E-state index contributed by atoms with van der Waals surface area (Å²) >= 11 is 7.26. The highest BCUT2D eigenvalue weighted by molar-refractivity contribution is 9.10. The van der Waals surface area contributed by atoms with Gasteiger partial charge in [-0.2, -0.15) is 0 Å². The zero-order valence-corrected chi connectivity index (χ0v) is 12.0. The van der Waals surface area contributed by atoms with E-state index in [0.29, 0.717) is 0 Å². The van der Waals surface area contributed by atoms with Gasteiger partial charge in [0.15, 0.2) is 5.17 Å². The van der Waals surface area contributed by atoms with Crippen LogP contribution in [0.4, 0.5) is 0 Å². The average Bonchev–Trinajstić information content (AvgIpc) is 2.89. The standard InChI is InChI=1S/C11H13BrN2S2/c12-8-3-4-15-10(8)6-14-11-13-5-9(16-11)7-1-2-7/h3-4,7,9H,1-2,5-6H2,(H,13,14). The Kier molecular flexibility index (Phi) is 3.27. The molecule has 1 unspecified atom stereocenters. The third kappa shape index (κ3) is 2.46. The summed E-state index contributed by atoms with van der Waals surface area (Å²) in [6, 6.07) is 2.10. The molecule has 2 heterocycles. The largest absolute Gasteiger partial charge is 0.360 e. The first-order valence-electron chi connectivity index (χ1n) is 5.50. The lowest BCUT2D eigenvalue weighted by Crippen LogP contribution is -2.18. The first kappa shape index (κ1) is 11.1. The molecule has 1 N–H and O–H groups in total. The highest BCUT2D eigenvalue weighted by Gasteiger charge is 2.35. The number of hydrogen-bond acceptors (Lipinski definition) is 4. The van der Waals surface area contributed by atoms with E-state index in [0.717, 1.165) is 29.4 Å². The lowest BCUT2D eigenvalue weighted by atomic mass is 10.3. The van der Waals surface area contributed by atoms with Crippen LogP contribution < -0.4 is 5.32 Å². The summed E-state index contributed by atoms with van der Waals surface area (Å²) < 4.78 is 1.20. The van der Waals surface area contributed by atoms with Crippen LogP contribution in [0.15, 0.2) is 20.9 Å². The van der Waals surface area contributed by atoms with Crippen LogP contribution in [0.3, 0.4) is 0 Å². The summed E-state index contributed by atoms with van der Waals surface area (Å²) in [6.07, 6.45) is 2.83. The molecule has 3 rings (SSSR count). The minimum absolute atomic E-state index is 0.759. The molecule has 0 radical (unpaired) electrons. The fourth-order valence-corrected chi connectivity index (χ4v) is 4.45. The van der Waals surface area contributed by atoms with Gasteiger partial charge in [0, 0.05) is 14.6 Å². The van der Waals surface area contributed by atoms with E-state index in [9.17, 15) is 0 Å². The van der Waals surface area contributed by atoms with E-state index in [1.165, 1.54) is 22.2 Å². The molecule has 0 aromatic carbocycles. The topological polar surface area (TPSA) is 24.4 Å². The lowest BCUT2D eigenvalue weighted by molar-refractivity contribution is 0.772. The van der Waals surface area contributed by atoms with Gasteiger partial charge in [0.25, 0.3) is 0 Å². The number of halogens is 1. The Hall–Kier alpha value is -0.000000000000000111. The molecule has 1 aromatic rings. The van der Waals surface area contributed by atoms with Gasteiger partial charge in [-0.15, -0.1) is 11.3 Å². The molecule has 2 aliphatic rings. The summed E-state index contributed by atoms with van der Waals surface area (Å²) in [6.45, 7) is 1.91. The van der Waals surface area contributed by atoms with Crippen molar-refractivity contribution in [3.8, 4) is 0 Å². The van der Waals surface area contributed by atoms with Crippen LogP contribution in [0.2, 0.25) is 0 Å². The number of amidine groups is 1. The van der Waals surface area contributed by atoms with Crippen molar-refractivity contribution in [1.82, 2.24) is 5.32 Å². The number of nitrogens with zero attached hydrogens (tertiary/aromatic N) is 1. The van der Waals surface area contributed by atoms with Crippen LogP contribution in [0, 0.1) is 5.92 Å². The number of rotatable bonds is 3. The zero-order chi connectivity index (χ0) is 11.0. The molecule has 5 heteroatoms.